The third kappa shape index (κ3) is 6.01. The SMILES string of the molecule is O=C(O)CSSC(S)C(O)CO. The lowest BCUT2D eigenvalue weighted by Crippen LogP contribution is -2.21. The van der Waals surface area contributed by atoms with E-state index in [0.717, 1.165) is 21.6 Å². The Morgan fingerprint density at radius 1 is 1.58 bits per heavy atom. The summed E-state index contributed by atoms with van der Waals surface area (Å²) in [5.41, 5.74) is 0. The molecule has 0 rings (SSSR count). The van der Waals surface area contributed by atoms with Crippen LogP contribution in [0.25, 0.3) is 0 Å². The molecule has 0 saturated carbocycles. The Morgan fingerprint density at radius 2 is 2.17 bits per heavy atom. The van der Waals surface area contributed by atoms with Crippen LogP contribution in [0.3, 0.4) is 0 Å². The number of hydrogen-bond donors (Lipinski definition) is 4. The lowest BCUT2D eigenvalue weighted by atomic mass is 10.4. The highest BCUT2D eigenvalue weighted by atomic mass is 33.1. The maximum Gasteiger partial charge on any atom is 0.314 e. The summed E-state index contributed by atoms with van der Waals surface area (Å²) in [5, 5.41) is 25.7. The van der Waals surface area contributed by atoms with Gasteiger partial charge in [-0.05, 0) is 0 Å². The molecular formula is C5H10O4S3. The quantitative estimate of drug-likeness (QED) is 0.294. The first kappa shape index (κ1) is 12.4. The number of aliphatic hydroxyl groups excluding tert-OH is 2. The molecular weight excluding hydrogens is 220 g/mol. The average Bonchev–Trinajstić information content (AvgIpc) is 2.02. The minimum Gasteiger partial charge on any atom is -0.481 e. The van der Waals surface area contributed by atoms with E-state index in [9.17, 15) is 4.79 Å². The molecule has 0 aliphatic heterocycles. The monoisotopic (exact) mass is 230 g/mol. The third-order valence-electron chi connectivity index (χ3n) is 0.865. The molecule has 0 amide bonds. The average molecular weight is 230 g/mol. The van der Waals surface area contributed by atoms with Crippen LogP contribution in [0.2, 0.25) is 0 Å². The minimum atomic E-state index is -0.917. The van der Waals surface area contributed by atoms with Crippen molar-refractivity contribution in [2.45, 2.75) is 10.7 Å². The Balaban J connectivity index is 3.43. The van der Waals surface area contributed by atoms with Crippen molar-refractivity contribution in [2.75, 3.05) is 12.4 Å². The van der Waals surface area contributed by atoms with Gasteiger partial charge in [0.15, 0.2) is 0 Å². The lowest BCUT2D eigenvalue weighted by Gasteiger charge is -2.13. The first-order valence-corrected chi connectivity index (χ1v) is 5.95. The molecule has 4 nitrogen and oxygen atoms in total. The number of thiol groups is 1. The van der Waals surface area contributed by atoms with Crippen molar-refractivity contribution in [3.05, 3.63) is 0 Å². The fraction of sp³-hybridized carbons (Fsp3) is 0.800. The van der Waals surface area contributed by atoms with Gasteiger partial charge in [-0.3, -0.25) is 4.79 Å². The summed E-state index contributed by atoms with van der Waals surface area (Å²) in [6.45, 7) is -0.366. The summed E-state index contributed by atoms with van der Waals surface area (Å²) < 4.78 is -0.459. The maximum absolute atomic E-state index is 10.0. The zero-order valence-corrected chi connectivity index (χ0v) is 8.61. The number of carboxylic acid groups (broad SMARTS) is 1. The van der Waals surface area contributed by atoms with Gasteiger partial charge < -0.3 is 15.3 Å². The number of carboxylic acids is 1. The van der Waals surface area contributed by atoms with E-state index in [1.54, 1.807) is 0 Å². The first-order valence-electron chi connectivity index (χ1n) is 3.05. The molecule has 0 spiro atoms. The van der Waals surface area contributed by atoms with Crippen LogP contribution in [0.15, 0.2) is 0 Å². The van der Waals surface area contributed by atoms with Crippen LogP contribution in [-0.4, -0.2) is 44.3 Å². The van der Waals surface area contributed by atoms with Gasteiger partial charge >= 0.3 is 5.97 Å². The van der Waals surface area contributed by atoms with Gasteiger partial charge in [0, 0.05) is 0 Å². The first-order chi connectivity index (χ1) is 5.57. The standard InChI is InChI=1S/C5H10O4S3/c6-1-3(7)5(10)12-11-2-4(8)9/h3,5-7,10H,1-2H2,(H,8,9). The molecule has 2 unspecified atom stereocenters. The van der Waals surface area contributed by atoms with Crippen molar-refractivity contribution in [2.24, 2.45) is 0 Å². The molecule has 0 aliphatic carbocycles. The zero-order valence-electron chi connectivity index (χ0n) is 6.08. The minimum absolute atomic E-state index is 0.0418. The summed E-state index contributed by atoms with van der Waals surface area (Å²) in [5.74, 6) is -0.952. The summed E-state index contributed by atoms with van der Waals surface area (Å²) in [6, 6.07) is 0. The molecule has 2 atom stereocenters. The van der Waals surface area contributed by atoms with Gasteiger partial charge in [-0.25, -0.2) is 0 Å². The van der Waals surface area contributed by atoms with Crippen LogP contribution >= 0.6 is 34.2 Å². The van der Waals surface area contributed by atoms with Crippen LogP contribution < -0.4 is 0 Å². The van der Waals surface area contributed by atoms with E-state index in [2.05, 4.69) is 12.6 Å². The number of aliphatic hydroxyl groups is 2. The van der Waals surface area contributed by atoms with Gasteiger partial charge in [0.05, 0.1) is 17.3 Å². The predicted molar refractivity (Wildman–Crippen MR) is 53.6 cm³/mol. The van der Waals surface area contributed by atoms with Crippen molar-refractivity contribution in [1.82, 2.24) is 0 Å². The molecule has 72 valence electrons. The van der Waals surface area contributed by atoms with E-state index in [0.29, 0.717) is 0 Å². The van der Waals surface area contributed by atoms with Crippen LogP contribution in [0.4, 0.5) is 0 Å². The molecule has 0 radical (unpaired) electrons. The molecule has 3 N–H and O–H groups in total. The van der Waals surface area contributed by atoms with Crippen LogP contribution in [0, 0.1) is 0 Å². The Hall–Kier alpha value is 0.440. The highest BCUT2D eigenvalue weighted by molar-refractivity contribution is 8.78. The highest BCUT2D eigenvalue weighted by Gasteiger charge is 2.15. The number of hydrogen-bond acceptors (Lipinski definition) is 6. The van der Waals surface area contributed by atoms with Crippen molar-refractivity contribution in [1.29, 1.82) is 0 Å². The summed E-state index contributed by atoms with van der Waals surface area (Å²) in [6.07, 6.45) is -0.917. The van der Waals surface area contributed by atoms with E-state index >= 15 is 0 Å². The van der Waals surface area contributed by atoms with E-state index in [1.165, 1.54) is 0 Å². The van der Waals surface area contributed by atoms with E-state index in [4.69, 9.17) is 15.3 Å². The molecule has 7 heteroatoms. The topological polar surface area (TPSA) is 77.8 Å². The Labute approximate surface area is 83.5 Å². The maximum atomic E-state index is 10.0. The van der Waals surface area contributed by atoms with Crippen LogP contribution in [0.5, 0.6) is 0 Å². The molecule has 0 aliphatic rings. The van der Waals surface area contributed by atoms with Crippen molar-refractivity contribution in [3.8, 4) is 0 Å². The molecule has 0 saturated heterocycles. The zero-order chi connectivity index (χ0) is 9.56. The molecule has 0 aromatic carbocycles. The van der Waals surface area contributed by atoms with Gasteiger partial charge in [-0.2, -0.15) is 12.6 Å². The predicted octanol–water partition coefficient (Wildman–Crippen LogP) is 0.0615. The van der Waals surface area contributed by atoms with Crippen LogP contribution in [-0.2, 0) is 4.79 Å². The Bertz CT molecular complexity index is 143. The van der Waals surface area contributed by atoms with Crippen molar-refractivity contribution >= 4 is 40.2 Å². The molecule has 0 fully saturated rings. The smallest absolute Gasteiger partial charge is 0.314 e. The summed E-state index contributed by atoms with van der Waals surface area (Å²) in [7, 11) is 2.21. The molecule has 0 heterocycles. The van der Waals surface area contributed by atoms with Gasteiger partial charge in [-0.1, -0.05) is 21.6 Å². The third-order valence-corrected chi connectivity index (χ3v) is 4.35. The van der Waals surface area contributed by atoms with Crippen molar-refractivity contribution < 1.29 is 20.1 Å². The summed E-state index contributed by atoms with van der Waals surface area (Å²) in [4.78, 5) is 10.0. The normalized spacial score (nSPS) is 15.6. The number of rotatable bonds is 6. The number of carbonyl (C=O) groups is 1. The van der Waals surface area contributed by atoms with E-state index in [-0.39, 0.29) is 12.4 Å². The second kappa shape index (κ2) is 6.90. The van der Waals surface area contributed by atoms with Crippen molar-refractivity contribution in [3.63, 3.8) is 0 Å². The van der Waals surface area contributed by atoms with Gasteiger partial charge in [0.25, 0.3) is 0 Å². The highest BCUT2D eigenvalue weighted by Crippen LogP contribution is 2.30. The molecule has 12 heavy (non-hydrogen) atoms. The second-order valence-electron chi connectivity index (χ2n) is 1.89. The molecule has 0 aromatic rings. The molecule has 0 aromatic heterocycles. The Morgan fingerprint density at radius 3 is 2.58 bits per heavy atom. The second-order valence-corrected chi connectivity index (χ2v) is 5.31. The fourth-order valence-electron chi connectivity index (χ4n) is 0.308. The number of aliphatic carboxylic acids is 1. The lowest BCUT2D eigenvalue weighted by molar-refractivity contribution is -0.133. The van der Waals surface area contributed by atoms with Crippen LogP contribution in [0.1, 0.15) is 0 Å². The molecule has 0 bridgehead atoms. The van der Waals surface area contributed by atoms with Gasteiger partial charge in [-0.15, -0.1) is 0 Å². The van der Waals surface area contributed by atoms with E-state index < -0.39 is 16.7 Å². The van der Waals surface area contributed by atoms with Gasteiger partial charge in [0.2, 0.25) is 0 Å². The van der Waals surface area contributed by atoms with E-state index in [1.807, 2.05) is 0 Å². The van der Waals surface area contributed by atoms with Gasteiger partial charge in [0.1, 0.15) is 5.75 Å². The Kier molecular flexibility index (Phi) is 7.16. The summed E-state index contributed by atoms with van der Waals surface area (Å²) >= 11 is 3.95. The fourth-order valence-corrected chi connectivity index (χ4v) is 2.78. The largest absolute Gasteiger partial charge is 0.481 e.